The van der Waals surface area contributed by atoms with Crippen molar-refractivity contribution in [3.8, 4) is 0 Å². The highest BCUT2D eigenvalue weighted by Crippen LogP contribution is 2.28. The number of aliphatic hydroxyl groups excluding tert-OH is 1. The third-order valence-corrected chi connectivity index (χ3v) is 5.58. The van der Waals surface area contributed by atoms with Crippen LogP contribution in [0.15, 0.2) is 91.0 Å². The summed E-state index contributed by atoms with van der Waals surface area (Å²) in [5.74, 6) is 0. The van der Waals surface area contributed by atoms with E-state index >= 15 is 0 Å². The van der Waals surface area contributed by atoms with Gasteiger partial charge < -0.3 is 24.1 Å². The Bertz CT molecular complexity index is 919. The van der Waals surface area contributed by atoms with Gasteiger partial charge in [-0.1, -0.05) is 91.0 Å². The molecule has 3 aromatic rings. The minimum Gasteiger partial charge on any atom is -0.387 e. The zero-order valence-electron chi connectivity index (χ0n) is 18.2. The second-order valence-electron chi connectivity index (χ2n) is 8.02. The summed E-state index contributed by atoms with van der Waals surface area (Å²) in [6.45, 7) is 2.99. The summed E-state index contributed by atoms with van der Waals surface area (Å²) >= 11 is 0. The molecular formula is C27H30O5. The van der Waals surface area contributed by atoms with Crippen molar-refractivity contribution in [1.82, 2.24) is 0 Å². The molecule has 0 aromatic heterocycles. The SMILES string of the molecule is C[C@@H]1O[C@@H](OCc2ccccc2)[C@H](OCc2ccccc2)[C@H](O)[C@H]1OCc1ccccc1. The summed E-state index contributed by atoms with van der Waals surface area (Å²) in [6.07, 6.45) is -3.18. The molecule has 0 amide bonds. The normalized spacial score (nSPS) is 25.5. The Morgan fingerprint density at radius 2 is 1.03 bits per heavy atom. The van der Waals surface area contributed by atoms with Crippen molar-refractivity contribution in [2.45, 2.75) is 57.5 Å². The van der Waals surface area contributed by atoms with Crippen molar-refractivity contribution in [3.05, 3.63) is 108 Å². The molecule has 0 unspecified atom stereocenters. The van der Waals surface area contributed by atoms with Gasteiger partial charge in [-0.3, -0.25) is 0 Å². The van der Waals surface area contributed by atoms with Gasteiger partial charge in [0.25, 0.3) is 0 Å². The third kappa shape index (κ3) is 6.03. The van der Waals surface area contributed by atoms with E-state index in [2.05, 4.69) is 0 Å². The minimum absolute atomic E-state index is 0.344. The first-order valence-electron chi connectivity index (χ1n) is 11.0. The van der Waals surface area contributed by atoms with Gasteiger partial charge in [-0.25, -0.2) is 0 Å². The molecule has 0 aliphatic carbocycles. The van der Waals surface area contributed by atoms with Gasteiger partial charge in [0.05, 0.1) is 25.9 Å². The maximum absolute atomic E-state index is 11.2. The molecule has 1 aliphatic heterocycles. The summed E-state index contributed by atoms with van der Waals surface area (Å²) in [4.78, 5) is 0. The molecule has 5 heteroatoms. The van der Waals surface area contributed by atoms with E-state index in [1.807, 2.05) is 97.9 Å². The molecule has 5 nitrogen and oxygen atoms in total. The highest BCUT2D eigenvalue weighted by Gasteiger charge is 2.45. The van der Waals surface area contributed by atoms with E-state index in [1.54, 1.807) is 0 Å². The number of ether oxygens (including phenoxy) is 4. The predicted molar refractivity (Wildman–Crippen MR) is 122 cm³/mol. The Kier molecular flexibility index (Phi) is 8.04. The number of benzene rings is 3. The van der Waals surface area contributed by atoms with Crippen LogP contribution in [0.2, 0.25) is 0 Å². The summed E-state index contributed by atoms with van der Waals surface area (Å²) in [5, 5.41) is 11.2. The van der Waals surface area contributed by atoms with Gasteiger partial charge in [0, 0.05) is 0 Å². The van der Waals surface area contributed by atoms with Crippen LogP contribution in [0.5, 0.6) is 0 Å². The second kappa shape index (κ2) is 11.4. The monoisotopic (exact) mass is 434 g/mol. The van der Waals surface area contributed by atoms with Crippen LogP contribution in [0, 0.1) is 0 Å². The van der Waals surface area contributed by atoms with Crippen molar-refractivity contribution >= 4 is 0 Å². The standard InChI is InChI=1S/C27H30O5/c1-20-25(29-17-21-11-5-2-6-12-21)24(28)26(30-18-22-13-7-3-8-14-22)27(32-20)31-19-23-15-9-4-10-16-23/h2-16,20,24-28H,17-19H2,1H3/t20-,24+,25-,26+,27+/m0/s1. The summed E-state index contributed by atoms with van der Waals surface area (Å²) in [7, 11) is 0. The Hall–Kier alpha value is -2.54. The van der Waals surface area contributed by atoms with E-state index in [0.717, 1.165) is 16.7 Å². The lowest BCUT2D eigenvalue weighted by Crippen LogP contribution is -2.59. The van der Waals surface area contributed by atoms with Crippen molar-refractivity contribution in [3.63, 3.8) is 0 Å². The van der Waals surface area contributed by atoms with Crippen LogP contribution >= 0.6 is 0 Å². The number of hydrogen-bond donors (Lipinski definition) is 1. The average Bonchev–Trinajstić information content (AvgIpc) is 2.84. The lowest BCUT2D eigenvalue weighted by molar-refractivity contribution is -0.314. The van der Waals surface area contributed by atoms with E-state index in [1.165, 1.54) is 0 Å². The zero-order valence-corrected chi connectivity index (χ0v) is 18.2. The fourth-order valence-corrected chi connectivity index (χ4v) is 3.82. The molecular weight excluding hydrogens is 404 g/mol. The summed E-state index contributed by atoms with van der Waals surface area (Å²) in [6, 6.07) is 29.6. The van der Waals surface area contributed by atoms with Gasteiger partial charge in [0.1, 0.15) is 18.3 Å². The molecule has 3 aromatic carbocycles. The van der Waals surface area contributed by atoms with Crippen molar-refractivity contribution in [2.24, 2.45) is 0 Å². The first-order chi connectivity index (χ1) is 15.7. The van der Waals surface area contributed by atoms with Gasteiger partial charge in [-0.2, -0.15) is 0 Å². The zero-order chi connectivity index (χ0) is 22.2. The molecule has 1 heterocycles. The fraction of sp³-hybridized carbons (Fsp3) is 0.333. The first kappa shape index (κ1) is 22.6. The number of aliphatic hydroxyl groups is 1. The highest BCUT2D eigenvalue weighted by atomic mass is 16.7. The molecule has 4 rings (SSSR count). The van der Waals surface area contributed by atoms with Crippen molar-refractivity contribution < 1.29 is 24.1 Å². The molecule has 1 aliphatic rings. The molecule has 5 atom stereocenters. The van der Waals surface area contributed by atoms with E-state index in [4.69, 9.17) is 18.9 Å². The maximum atomic E-state index is 11.2. The van der Waals surface area contributed by atoms with Gasteiger partial charge in [0.15, 0.2) is 6.29 Å². The molecule has 0 radical (unpaired) electrons. The van der Waals surface area contributed by atoms with E-state index in [0.29, 0.717) is 19.8 Å². The largest absolute Gasteiger partial charge is 0.387 e. The molecule has 1 fully saturated rings. The fourth-order valence-electron chi connectivity index (χ4n) is 3.82. The predicted octanol–water partition coefficient (Wildman–Crippen LogP) is 4.48. The Morgan fingerprint density at radius 3 is 1.50 bits per heavy atom. The topological polar surface area (TPSA) is 57.2 Å². The lowest BCUT2D eigenvalue weighted by Gasteiger charge is -2.43. The average molecular weight is 435 g/mol. The van der Waals surface area contributed by atoms with Crippen LogP contribution in [0.3, 0.4) is 0 Å². The van der Waals surface area contributed by atoms with E-state index in [-0.39, 0.29) is 6.10 Å². The van der Waals surface area contributed by atoms with Gasteiger partial charge >= 0.3 is 0 Å². The molecule has 32 heavy (non-hydrogen) atoms. The smallest absolute Gasteiger partial charge is 0.187 e. The van der Waals surface area contributed by atoms with Crippen LogP contribution in [-0.2, 0) is 38.8 Å². The third-order valence-electron chi connectivity index (χ3n) is 5.58. The number of hydrogen-bond acceptors (Lipinski definition) is 5. The van der Waals surface area contributed by atoms with Crippen LogP contribution < -0.4 is 0 Å². The molecule has 1 saturated heterocycles. The minimum atomic E-state index is -0.896. The molecule has 168 valence electrons. The van der Waals surface area contributed by atoms with Crippen LogP contribution in [0.25, 0.3) is 0 Å². The molecule has 0 saturated carbocycles. The molecule has 0 bridgehead atoms. The first-order valence-corrected chi connectivity index (χ1v) is 11.0. The van der Waals surface area contributed by atoms with Crippen LogP contribution in [0.4, 0.5) is 0 Å². The van der Waals surface area contributed by atoms with Crippen LogP contribution in [-0.4, -0.2) is 35.8 Å². The van der Waals surface area contributed by atoms with E-state index < -0.39 is 24.6 Å². The number of rotatable bonds is 9. The highest BCUT2D eigenvalue weighted by molar-refractivity contribution is 5.15. The second-order valence-corrected chi connectivity index (χ2v) is 8.02. The Morgan fingerprint density at radius 1 is 0.625 bits per heavy atom. The van der Waals surface area contributed by atoms with Gasteiger partial charge in [-0.05, 0) is 23.6 Å². The van der Waals surface area contributed by atoms with Crippen LogP contribution in [0.1, 0.15) is 23.6 Å². The lowest BCUT2D eigenvalue weighted by atomic mass is 9.99. The molecule has 1 N–H and O–H groups in total. The van der Waals surface area contributed by atoms with E-state index in [9.17, 15) is 5.11 Å². The molecule has 0 spiro atoms. The van der Waals surface area contributed by atoms with Gasteiger partial charge in [-0.15, -0.1) is 0 Å². The van der Waals surface area contributed by atoms with Crippen molar-refractivity contribution in [2.75, 3.05) is 0 Å². The Labute approximate surface area is 189 Å². The quantitative estimate of drug-likeness (QED) is 0.538. The van der Waals surface area contributed by atoms with Gasteiger partial charge in [0.2, 0.25) is 0 Å². The maximum Gasteiger partial charge on any atom is 0.187 e. The summed E-state index contributed by atoms with van der Waals surface area (Å²) in [5.41, 5.74) is 3.08. The summed E-state index contributed by atoms with van der Waals surface area (Å²) < 4.78 is 24.4. The Balaban J connectivity index is 1.44. The van der Waals surface area contributed by atoms with Crippen molar-refractivity contribution in [1.29, 1.82) is 0 Å².